The van der Waals surface area contributed by atoms with Gasteiger partial charge in [0.2, 0.25) is 0 Å². The summed E-state index contributed by atoms with van der Waals surface area (Å²) < 4.78 is 4.86. The molecular weight excluding hydrogens is 560 g/mol. The Balaban J connectivity index is 1.43. The first kappa shape index (κ1) is 24.1. The van der Waals surface area contributed by atoms with Gasteiger partial charge in [0.05, 0.1) is 33.1 Å². The highest BCUT2D eigenvalue weighted by molar-refractivity contribution is 6.36. The Hall–Kier alpha value is -6.26. The van der Waals surface area contributed by atoms with E-state index in [2.05, 4.69) is 136 Å². The smallest absolute Gasteiger partial charge is 0.162 e. The van der Waals surface area contributed by atoms with Gasteiger partial charge in [-0.05, 0) is 53.2 Å². The minimum Gasteiger partial charge on any atom is -0.308 e. The molecule has 11 rings (SSSR count). The molecule has 0 aliphatic rings. The first-order chi connectivity index (χ1) is 22.8. The molecule has 212 valence electrons. The van der Waals surface area contributed by atoms with Gasteiger partial charge in [-0.25, -0.2) is 9.97 Å². The van der Waals surface area contributed by atoms with Gasteiger partial charge in [0.1, 0.15) is 5.82 Å². The monoisotopic (exact) mass is 584 g/mol. The topological polar surface area (TPSA) is 35.1 Å². The Morgan fingerprint density at radius 3 is 1.89 bits per heavy atom. The lowest BCUT2D eigenvalue weighted by atomic mass is 10.0. The quantitative estimate of drug-likeness (QED) is 0.203. The first-order valence-electron chi connectivity index (χ1n) is 15.7. The molecule has 4 nitrogen and oxygen atoms in total. The minimum absolute atomic E-state index is 0.720. The van der Waals surface area contributed by atoms with Crippen LogP contribution in [0.1, 0.15) is 0 Å². The van der Waals surface area contributed by atoms with E-state index in [1.165, 1.54) is 59.6 Å². The van der Waals surface area contributed by atoms with Crippen LogP contribution in [0.15, 0.2) is 146 Å². The summed E-state index contributed by atoms with van der Waals surface area (Å²) in [5.74, 6) is 1.61. The van der Waals surface area contributed by atoms with Gasteiger partial charge in [0.25, 0.3) is 0 Å². The van der Waals surface area contributed by atoms with Gasteiger partial charge in [0.15, 0.2) is 5.82 Å². The molecule has 0 saturated heterocycles. The van der Waals surface area contributed by atoms with Gasteiger partial charge < -0.3 is 4.40 Å². The molecule has 4 aromatic heterocycles. The van der Waals surface area contributed by atoms with Gasteiger partial charge in [-0.3, -0.25) is 4.57 Å². The molecule has 0 N–H and O–H groups in total. The lowest BCUT2D eigenvalue weighted by Gasteiger charge is -2.13. The maximum absolute atomic E-state index is 5.38. The van der Waals surface area contributed by atoms with Crippen molar-refractivity contribution in [2.24, 2.45) is 0 Å². The Kier molecular flexibility index (Phi) is 4.55. The number of para-hydroxylation sites is 3. The predicted octanol–water partition coefficient (Wildman–Crippen LogP) is 10.7. The van der Waals surface area contributed by atoms with E-state index < -0.39 is 0 Å². The molecule has 0 aliphatic carbocycles. The number of fused-ring (bicyclic) bond motifs is 12. The fourth-order valence-electron chi connectivity index (χ4n) is 7.87. The van der Waals surface area contributed by atoms with Crippen molar-refractivity contribution in [3.05, 3.63) is 146 Å². The third kappa shape index (κ3) is 3.03. The fourth-order valence-corrected chi connectivity index (χ4v) is 7.87. The molecular formula is C42H24N4. The highest BCUT2D eigenvalue weighted by atomic mass is 15.1. The van der Waals surface area contributed by atoms with Crippen LogP contribution in [-0.2, 0) is 0 Å². The second-order valence-electron chi connectivity index (χ2n) is 12.2. The lowest BCUT2D eigenvalue weighted by Crippen LogP contribution is -2.02. The lowest BCUT2D eigenvalue weighted by molar-refractivity contribution is 1.08. The van der Waals surface area contributed by atoms with Gasteiger partial charge in [-0.2, -0.15) is 0 Å². The molecule has 0 spiro atoms. The predicted molar refractivity (Wildman–Crippen MR) is 191 cm³/mol. The van der Waals surface area contributed by atoms with Crippen molar-refractivity contribution in [1.29, 1.82) is 0 Å². The second kappa shape index (κ2) is 8.68. The van der Waals surface area contributed by atoms with Crippen LogP contribution in [0.4, 0.5) is 0 Å². The van der Waals surface area contributed by atoms with Crippen molar-refractivity contribution < 1.29 is 0 Å². The largest absolute Gasteiger partial charge is 0.308 e. The van der Waals surface area contributed by atoms with Crippen LogP contribution < -0.4 is 0 Å². The van der Waals surface area contributed by atoms with Crippen molar-refractivity contribution in [3.63, 3.8) is 0 Å². The molecule has 0 bridgehead atoms. The second-order valence-corrected chi connectivity index (χ2v) is 12.2. The molecule has 0 radical (unpaired) electrons. The van der Waals surface area contributed by atoms with Crippen molar-refractivity contribution in [3.8, 4) is 17.2 Å². The number of rotatable bonds is 2. The maximum atomic E-state index is 5.38. The van der Waals surface area contributed by atoms with Gasteiger partial charge in [-0.15, -0.1) is 0 Å². The highest BCUT2D eigenvalue weighted by Gasteiger charge is 2.25. The Bertz CT molecular complexity index is 3020. The van der Waals surface area contributed by atoms with E-state index in [4.69, 9.17) is 9.97 Å². The molecule has 0 saturated carbocycles. The Morgan fingerprint density at radius 1 is 0.413 bits per heavy atom. The summed E-state index contributed by atoms with van der Waals surface area (Å²) in [6.45, 7) is 0. The zero-order valence-electron chi connectivity index (χ0n) is 24.6. The van der Waals surface area contributed by atoms with E-state index in [1.807, 2.05) is 18.2 Å². The van der Waals surface area contributed by atoms with Crippen LogP contribution >= 0.6 is 0 Å². The number of benzene rings is 7. The molecule has 0 fully saturated rings. The standard InChI is InChI=1S/C42H24N4/c1-2-12-25(13-3-1)41-43-33-19-9-6-17-29(33)42(44-41)46-36-23-27-15-5-4-14-26(27)22-32(36)38-37(46)24-31-28-16-7-10-20-34(28)45-35-21-11-8-18-30(35)39(38)40(31)45/h1-24H. The summed E-state index contributed by atoms with van der Waals surface area (Å²) in [6.07, 6.45) is 0. The molecule has 11 aromatic rings. The van der Waals surface area contributed by atoms with Crippen molar-refractivity contribution >= 4 is 81.6 Å². The third-order valence-electron chi connectivity index (χ3n) is 9.79. The summed E-state index contributed by atoms with van der Waals surface area (Å²) in [7, 11) is 0. The van der Waals surface area contributed by atoms with Gasteiger partial charge >= 0.3 is 0 Å². The van der Waals surface area contributed by atoms with E-state index in [-0.39, 0.29) is 0 Å². The van der Waals surface area contributed by atoms with E-state index in [0.29, 0.717) is 0 Å². The van der Waals surface area contributed by atoms with E-state index in [9.17, 15) is 0 Å². The molecule has 4 heteroatoms. The van der Waals surface area contributed by atoms with E-state index in [0.717, 1.165) is 39.1 Å². The summed E-state index contributed by atoms with van der Waals surface area (Å²) in [6, 6.07) is 52.1. The maximum Gasteiger partial charge on any atom is 0.162 e. The third-order valence-corrected chi connectivity index (χ3v) is 9.79. The zero-order valence-corrected chi connectivity index (χ0v) is 24.6. The molecule has 0 amide bonds. The minimum atomic E-state index is 0.720. The average molecular weight is 585 g/mol. The summed E-state index contributed by atoms with van der Waals surface area (Å²) >= 11 is 0. The Labute approximate surface area is 262 Å². The van der Waals surface area contributed by atoms with Crippen LogP contribution in [0.5, 0.6) is 0 Å². The van der Waals surface area contributed by atoms with Crippen LogP contribution in [0.25, 0.3) is 98.8 Å². The van der Waals surface area contributed by atoms with Gasteiger partial charge in [0, 0.05) is 43.3 Å². The number of nitrogens with zero attached hydrogens (tertiary/aromatic N) is 4. The van der Waals surface area contributed by atoms with E-state index in [1.54, 1.807) is 0 Å². The van der Waals surface area contributed by atoms with Crippen molar-refractivity contribution in [2.75, 3.05) is 0 Å². The number of hydrogen-bond donors (Lipinski definition) is 0. The molecule has 0 aliphatic heterocycles. The molecule has 0 unspecified atom stereocenters. The molecule has 0 atom stereocenters. The number of aromatic nitrogens is 4. The van der Waals surface area contributed by atoms with E-state index >= 15 is 0 Å². The van der Waals surface area contributed by atoms with Gasteiger partial charge in [-0.1, -0.05) is 103 Å². The van der Waals surface area contributed by atoms with Crippen LogP contribution in [0, 0.1) is 0 Å². The molecule has 46 heavy (non-hydrogen) atoms. The molecule has 7 aromatic carbocycles. The van der Waals surface area contributed by atoms with Crippen molar-refractivity contribution in [1.82, 2.24) is 18.9 Å². The van der Waals surface area contributed by atoms with Crippen LogP contribution in [0.2, 0.25) is 0 Å². The first-order valence-corrected chi connectivity index (χ1v) is 15.7. The Morgan fingerprint density at radius 2 is 1.07 bits per heavy atom. The fraction of sp³-hybridized carbons (Fsp3) is 0. The van der Waals surface area contributed by atoms with Crippen LogP contribution in [0.3, 0.4) is 0 Å². The normalized spacial score (nSPS) is 12.3. The summed E-state index contributed by atoms with van der Waals surface area (Å²) in [5, 5.41) is 11.0. The summed E-state index contributed by atoms with van der Waals surface area (Å²) in [4.78, 5) is 10.4. The molecule has 4 heterocycles. The highest BCUT2D eigenvalue weighted by Crippen LogP contribution is 2.47. The summed E-state index contributed by atoms with van der Waals surface area (Å²) in [5.41, 5.74) is 7.96. The zero-order chi connectivity index (χ0) is 29.9. The number of hydrogen-bond acceptors (Lipinski definition) is 2. The SMILES string of the molecule is c1ccc(-c2nc(-n3c4cc5ccccc5cc4c4c5c6ccccc6n6c7ccccc7c(cc43)c56)c3ccccc3n2)cc1. The van der Waals surface area contributed by atoms with Crippen molar-refractivity contribution in [2.45, 2.75) is 0 Å². The average Bonchev–Trinajstić information content (AvgIpc) is 3.74. The van der Waals surface area contributed by atoms with Crippen LogP contribution in [-0.4, -0.2) is 18.9 Å².